The molecule has 0 radical (unpaired) electrons. The van der Waals surface area contributed by atoms with Gasteiger partial charge < -0.3 is 15.7 Å². The molecule has 0 bridgehead atoms. The van der Waals surface area contributed by atoms with Gasteiger partial charge in [-0.3, -0.25) is 4.90 Å². The van der Waals surface area contributed by atoms with Gasteiger partial charge in [-0.25, -0.2) is 4.79 Å². The van der Waals surface area contributed by atoms with Crippen molar-refractivity contribution in [1.29, 1.82) is 0 Å². The number of urea groups is 1. The summed E-state index contributed by atoms with van der Waals surface area (Å²) in [5.41, 5.74) is 0. The predicted molar refractivity (Wildman–Crippen MR) is 82.1 cm³/mol. The van der Waals surface area contributed by atoms with Crippen molar-refractivity contribution in [1.82, 2.24) is 15.5 Å². The molecule has 2 atom stereocenters. The van der Waals surface area contributed by atoms with E-state index in [4.69, 9.17) is 5.11 Å². The van der Waals surface area contributed by atoms with E-state index in [0.717, 1.165) is 19.3 Å². The van der Waals surface area contributed by atoms with Crippen LogP contribution in [0.25, 0.3) is 0 Å². The number of carbonyl (C=O) groups excluding carboxylic acids is 1. The van der Waals surface area contributed by atoms with E-state index in [2.05, 4.69) is 10.6 Å². The average molecular weight is 339 g/mol. The maximum absolute atomic E-state index is 12.3. The van der Waals surface area contributed by atoms with Crippen LogP contribution in [0.5, 0.6) is 0 Å². The molecule has 0 aromatic carbocycles. The summed E-state index contributed by atoms with van der Waals surface area (Å²) in [6.07, 6.45) is -1.89. The maximum Gasteiger partial charge on any atom is 0.401 e. The number of carbonyl (C=O) groups is 1. The number of aliphatic hydroxyl groups is 1. The Labute approximate surface area is 135 Å². The second kappa shape index (κ2) is 9.32. The van der Waals surface area contributed by atoms with E-state index in [1.54, 1.807) is 0 Å². The number of hydrogen-bond acceptors (Lipinski definition) is 3. The molecule has 1 rings (SSSR count). The first-order valence-corrected chi connectivity index (χ1v) is 8.15. The number of alkyl halides is 3. The van der Waals surface area contributed by atoms with Gasteiger partial charge in [0.25, 0.3) is 0 Å². The van der Waals surface area contributed by atoms with Crippen molar-refractivity contribution in [2.75, 3.05) is 32.8 Å². The van der Waals surface area contributed by atoms with Gasteiger partial charge in [0.2, 0.25) is 0 Å². The second-order valence-corrected chi connectivity index (χ2v) is 6.47. The molecule has 0 aliphatic carbocycles. The maximum atomic E-state index is 12.3. The molecule has 1 heterocycles. The number of nitrogens with one attached hydrogen (secondary N) is 2. The number of aliphatic hydroxyl groups excluding tert-OH is 1. The van der Waals surface area contributed by atoms with Crippen molar-refractivity contribution >= 4 is 6.03 Å². The number of nitrogens with zero attached hydrogens (tertiary/aromatic N) is 1. The Hall–Kier alpha value is -1.02. The summed E-state index contributed by atoms with van der Waals surface area (Å²) < 4.78 is 36.9. The van der Waals surface area contributed by atoms with Crippen LogP contribution in [0.1, 0.15) is 33.1 Å². The van der Waals surface area contributed by atoms with Crippen LogP contribution in [0.2, 0.25) is 0 Å². The lowest BCUT2D eigenvalue weighted by molar-refractivity contribution is -0.148. The van der Waals surface area contributed by atoms with E-state index in [9.17, 15) is 18.0 Å². The van der Waals surface area contributed by atoms with E-state index < -0.39 is 12.7 Å². The standard InChI is InChI=1S/C15H28F3N3O2/c1-11(9-22)12(2)20-14(23)19-6-3-13-4-7-21(8-5-13)10-15(16,17)18/h11-13,22H,3-10H2,1-2H3,(H2,19,20,23). The van der Waals surface area contributed by atoms with Crippen LogP contribution in [-0.2, 0) is 0 Å². The van der Waals surface area contributed by atoms with Gasteiger partial charge in [0.15, 0.2) is 0 Å². The molecule has 23 heavy (non-hydrogen) atoms. The number of halogens is 3. The summed E-state index contributed by atoms with van der Waals surface area (Å²) in [7, 11) is 0. The van der Waals surface area contributed by atoms with Gasteiger partial charge >= 0.3 is 12.2 Å². The number of rotatable bonds is 7. The highest BCUT2D eigenvalue weighted by Gasteiger charge is 2.32. The van der Waals surface area contributed by atoms with Crippen LogP contribution in [0, 0.1) is 11.8 Å². The molecule has 3 N–H and O–H groups in total. The molecule has 0 aromatic rings. The average Bonchev–Trinajstić information content (AvgIpc) is 2.46. The lowest BCUT2D eigenvalue weighted by Gasteiger charge is -2.32. The molecule has 2 unspecified atom stereocenters. The summed E-state index contributed by atoms with van der Waals surface area (Å²) in [6.45, 7) is 4.29. The van der Waals surface area contributed by atoms with E-state index in [-0.39, 0.29) is 24.6 Å². The molecule has 5 nitrogen and oxygen atoms in total. The minimum absolute atomic E-state index is 0.0119. The number of piperidine rings is 1. The first-order chi connectivity index (χ1) is 10.7. The number of likely N-dealkylation sites (tertiary alicyclic amines) is 1. The Morgan fingerprint density at radius 3 is 2.43 bits per heavy atom. The third-order valence-corrected chi connectivity index (χ3v) is 4.45. The Balaban J connectivity index is 2.14. The first-order valence-electron chi connectivity index (χ1n) is 8.15. The minimum atomic E-state index is -4.13. The number of hydrogen-bond donors (Lipinski definition) is 3. The van der Waals surface area contributed by atoms with Crippen LogP contribution in [0.3, 0.4) is 0 Å². The van der Waals surface area contributed by atoms with Crippen LogP contribution in [-0.4, -0.2) is 61.0 Å². The SMILES string of the molecule is CC(CO)C(C)NC(=O)NCCC1CCN(CC(F)(F)F)CC1. The normalized spacial score (nSPS) is 20.1. The summed E-state index contributed by atoms with van der Waals surface area (Å²) >= 11 is 0. The molecule has 2 amide bonds. The largest absolute Gasteiger partial charge is 0.401 e. The highest BCUT2D eigenvalue weighted by Crippen LogP contribution is 2.23. The zero-order chi connectivity index (χ0) is 17.5. The minimum Gasteiger partial charge on any atom is -0.396 e. The Morgan fingerprint density at radius 2 is 1.91 bits per heavy atom. The second-order valence-electron chi connectivity index (χ2n) is 6.47. The molecule has 1 saturated heterocycles. The van der Waals surface area contributed by atoms with Gasteiger partial charge in [-0.15, -0.1) is 0 Å². The molecular formula is C15H28F3N3O2. The van der Waals surface area contributed by atoms with Crippen molar-refractivity contribution in [3.63, 3.8) is 0 Å². The van der Waals surface area contributed by atoms with Gasteiger partial charge in [0.05, 0.1) is 6.54 Å². The van der Waals surface area contributed by atoms with Gasteiger partial charge in [-0.1, -0.05) is 6.92 Å². The fourth-order valence-corrected chi connectivity index (χ4v) is 2.63. The van der Waals surface area contributed by atoms with Crippen LogP contribution < -0.4 is 10.6 Å². The molecule has 0 saturated carbocycles. The summed E-state index contributed by atoms with van der Waals surface area (Å²) in [5.74, 6) is 0.340. The smallest absolute Gasteiger partial charge is 0.396 e. The van der Waals surface area contributed by atoms with E-state index in [1.807, 2.05) is 13.8 Å². The summed E-state index contributed by atoms with van der Waals surface area (Å²) in [5, 5.41) is 14.5. The van der Waals surface area contributed by atoms with Gasteiger partial charge in [0, 0.05) is 19.2 Å². The highest BCUT2D eigenvalue weighted by molar-refractivity contribution is 5.74. The monoisotopic (exact) mass is 339 g/mol. The van der Waals surface area contributed by atoms with E-state index >= 15 is 0 Å². The Morgan fingerprint density at radius 1 is 1.30 bits per heavy atom. The molecular weight excluding hydrogens is 311 g/mol. The quantitative estimate of drug-likeness (QED) is 0.664. The van der Waals surface area contributed by atoms with Gasteiger partial charge in [-0.2, -0.15) is 13.2 Å². The lowest BCUT2D eigenvalue weighted by atomic mass is 9.93. The Kier molecular flexibility index (Phi) is 8.11. The van der Waals surface area contributed by atoms with Crippen LogP contribution in [0.4, 0.5) is 18.0 Å². The first kappa shape index (κ1) is 20.0. The van der Waals surface area contributed by atoms with E-state index in [1.165, 1.54) is 4.90 Å². The zero-order valence-electron chi connectivity index (χ0n) is 13.8. The molecule has 8 heteroatoms. The van der Waals surface area contributed by atoms with Gasteiger partial charge in [-0.05, 0) is 51.1 Å². The third kappa shape index (κ3) is 8.41. The molecule has 1 aliphatic rings. The lowest BCUT2D eigenvalue weighted by Crippen LogP contribution is -2.45. The van der Waals surface area contributed by atoms with Gasteiger partial charge in [0.1, 0.15) is 0 Å². The van der Waals surface area contributed by atoms with Crippen molar-refractivity contribution in [2.45, 2.75) is 45.3 Å². The van der Waals surface area contributed by atoms with E-state index in [0.29, 0.717) is 25.6 Å². The van der Waals surface area contributed by atoms with Crippen LogP contribution in [0.15, 0.2) is 0 Å². The Bertz CT molecular complexity index is 358. The third-order valence-electron chi connectivity index (χ3n) is 4.45. The fourth-order valence-electron chi connectivity index (χ4n) is 2.63. The van der Waals surface area contributed by atoms with Crippen molar-refractivity contribution in [3.05, 3.63) is 0 Å². The number of amides is 2. The molecule has 0 spiro atoms. The molecule has 0 aromatic heterocycles. The summed E-state index contributed by atoms with van der Waals surface area (Å²) in [6, 6.07) is -0.391. The van der Waals surface area contributed by atoms with Crippen molar-refractivity contribution in [2.24, 2.45) is 11.8 Å². The van der Waals surface area contributed by atoms with Crippen LogP contribution >= 0.6 is 0 Å². The van der Waals surface area contributed by atoms with Crippen molar-refractivity contribution in [3.8, 4) is 0 Å². The highest BCUT2D eigenvalue weighted by atomic mass is 19.4. The molecule has 1 aliphatic heterocycles. The predicted octanol–water partition coefficient (Wildman–Crippen LogP) is 1.97. The zero-order valence-corrected chi connectivity index (χ0v) is 13.8. The summed E-state index contributed by atoms with van der Waals surface area (Å²) in [4.78, 5) is 13.1. The van der Waals surface area contributed by atoms with Crippen molar-refractivity contribution < 1.29 is 23.1 Å². The molecule has 136 valence electrons. The molecule has 1 fully saturated rings. The fraction of sp³-hybridized carbons (Fsp3) is 0.933. The topological polar surface area (TPSA) is 64.6 Å².